The molecule has 2 atom stereocenters. The molecule has 0 saturated heterocycles. The van der Waals surface area contributed by atoms with Gasteiger partial charge in [0.05, 0.1) is 40.3 Å². The Morgan fingerprint density at radius 3 is 0.895 bits per heavy atom. The van der Waals surface area contributed by atoms with Crippen LogP contribution in [0.2, 0.25) is 0 Å². The summed E-state index contributed by atoms with van der Waals surface area (Å²) >= 11 is 0. The lowest BCUT2D eigenvalue weighted by Crippen LogP contribution is -2.44. The summed E-state index contributed by atoms with van der Waals surface area (Å²) in [6, 6.07) is 0. The van der Waals surface area contributed by atoms with E-state index in [1.807, 2.05) is 21.1 Å². The van der Waals surface area contributed by atoms with Crippen molar-refractivity contribution >= 4 is 17.9 Å². The average Bonchev–Trinajstić information content (AvgIpc) is 3.75. The predicted octanol–water partition coefficient (Wildman–Crippen LogP) is 23.9. The van der Waals surface area contributed by atoms with Crippen LogP contribution in [0.5, 0.6) is 0 Å². The predicted molar refractivity (Wildman–Crippen MR) is 407 cm³/mol. The quantitative estimate of drug-likeness (QED) is 0.0195. The van der Waals surface area contributed by atoms with Crippen LogP contribution < -0.4 is 5.11 Å². The maximum atomic E-state index is 12.9. The number of aliphatic carboxylic acids is 1. The van der Waals surface area contributed by atoms with Gasteiger partial charge in [0.1, 0.15) is 13.2 Å². The molecule has 9 nitrogen and oxygen atoms in total. The first kappa shape index (κ1) is 90.4. The highest BCUT2D eigenvalue weighted by atomic mass is 16.7. The van der Waals surface area contributed by atoms with Crippen molar-refractivity contribution in [2.45, 2.75) is 347 Å². The van der Waals surface area contributed by atoms with Crippen molar-refractivity contribution in [3.05, 3.63) is 134 Å². The first-order valence-corrected chi connectivity index (χ1v) is 39.3. The minimum absolute atomic E-state index is 0.136. The van der Waals surface area contributed by atoms with E-state index < -0.39 is 24.3 Å². The summed E-state index contributed by atoms with van der Waals surface area (Å²) < 4.78 is 22.8. The lowest BCUT2D eigenvalue weighted by atomic mass is 10.0. The molecule has 2 unspecified atom stereocenters. The minimum atomic E-state index is -1.64. The van der Waals surface area contributed by atoms with Crippen molar-refractivity contribution in [2.24, 2.45) is 0 Å². The van der Waals surface area contributed by atoms with Crippen LogP contribution in [0.3, 0.4) is 0 Å². The largest absolute Gasteiger partial charge is 0.545 e. The van der Waals surface area contributed by atoms with E-state index in [9.17, 15) is 19.5 Å². The fraction of sp³-hybridized carbons (Fsp3) is 0.709. The molecule has 0 saturated carbocycles. The van der Waals surface area contributed by atoms with Crippen LogP contribution in [-0.2, 0) is 33.3 Å². The normalized spacial score (nSPS) is 13.4. The lowest BCUT2D eigenvalue weighted by molar-refractivity contribution is -0.870. The third-order valence-corrected chi connectivity index (χ3v) is 16.9. The molecule has 0 spiro atoms. The summed E-state index contributed by atoms with van der Waals surface area (Å²) in [4.78, 5) is 37.6. The summed E-state index contributed by atoms with van der Waals surface area (Å²) in [5.41, 5.74) is 0. The van der Waals surface area contributed by atoms with Crippen molar-refractivity contribution in [1.82, 2.24) is 0 Å². The monoisotopic (exact) mass is 1320 g/mol. The van der Waals surface area contributed by atoms with E-state index in [0.29, 0.717) is 17.4 Å². The first-order valence-electron chi connectivity index (χ1n) is 39.3. The molecule has 95 heavy (non-hydrogen) atoms. The molecule has 0 rings (SSSR count). The molecular formula is C86H147NO8. The highest BCUT2D eigenvalue weighted by molar-refractivity contribution is 5.70. The smallest absolute Gasteiger partial charge is 0.306 e. The fourth-order valence-corrected chi connectivity index (χ4v) is 11.0. The van der Waals surface area contributed by atoms with Crippen molar-refractivity contribution < 1.29 is 42.9 Å². The van der Waals surface area contributed by atoms with Crippen molar-refractivity contribution in [3.63, 3.8) is 0 Å². The average molecular weight is 1320 g/mol. The Kier molecular flexibility index (Phi) is 71.6. The van der Waals surface area contributed by atoms with Crippen LogP contribution in [0.1, 0.15) is 335 Å². The molecule has 0 aromatic heterocycles. The van der Waals surface area contributed by atoms with Crippen LogP contribution in [0.15, 0.2) is 134 Å². The van der Waals surface area contributed by atoms with E-state index >= 15 is 0 Å². The topological polar surface area (TPSA) is 111 Å². The second kappa shape index (κ2) is 75.2. The van der Waals surface area contributed by atoms with Gasteiger partial charge >= 0.3 is 11.9 Å². The Balaban J connectivity index is 4.15. The second-order valence-corrected chi connectivity index (χ2v) is 27.3. The number of likely N-dealkylation sites (N-methyl/N-ethyl adjacent to an activating group) is 1. The first-order chi connectivity index (χ1) is 46.6. The molecule has 0 bridgehead atoms. The second-order valence-electron chi connectivity index (χ2n) is 27.3. The molecule has 544 valence electrons. The molecule has 0 aliphatic carbocycles. The molecule has 0 aliphatic heterocycles. The van der Waals surface area contributed by atoms with Crippen molar-refractivity contribution in [1.29, 1.82) is 0 Å². The number of quaternary nitrogens is 1. The van der Waals surface area contributed by atoms with Crippen LogP contribution in [-0.4, -0.2) is 82.3 Å². The SMILES string of the molecule is CC/C=C\C/C=C\C/C=C\C/C=C\C/C=C\C/C=C\C/C=C\C/C=C\C/C=C\C/C=C\C/C=C\CCCCCC(=O)OC(COC(=O)CCCCCCCCCCCCCCCCCCCCCCCCCCCCCCCCCCC)COC(OCC[N+](C)(C)C)C(=O)[O-]. The third kappa shape index (κ3) is 76.7. The molecule has 0 amide bonds. The van der Waals surface area contributed by atoms with Gasteiger partial charge in [-0.25, -0.2) is 0 Å². The number of ether oxygens (including phenoxy) is 4. The Hall–Kier alpha value is -4.57. The van der Waals surface area contributed by atoms with E-state index in [1.54, 1.807) is 0 Å². The maximum Gasteiger partial charge on any atom is 0.306 e. The highest BCUT2D eigenvalue weighted by Gasteiger charge is 2.22. The summed E-state index contributed by atoms with van der Waals surface area (Å²) in [5, 5.41) is 11.9. The van der Waals surface area contributed by atoms with Crippen LogP contribution in [0.25, 0.3) is 0 Å². The maximum absolute atomic E-state index is 12.9. The number of nitrogens with zero attached hydrogens (tertiary/aromatic N) is 1. The van der Waals surface area contributed by atoms with E-state index in [-0.39, 0.29) is 38.6 Å². The Morgan fingerprint density at radius 1 is 0.326 bits per heavy atom. The summed E-state index contributed by atoms with van der Waals surface area (Å²) in [7, 11) is 5.92. The summed E-state index contributed by atoms with van der Waals surface area (Å²) in [6.45, 7) is 4.62. The van der Waals surface area contributed by atoms with Gasteiger partial charge < -0.3 is 33.3 Å². The molecular weight excluding hydrogens is 1170 g/mol. The molecule has 0 fully saturated rings. The van der Waals surface area contributed by atoms with Gasteiger partial charge in [-0.2, -0.15) is 0 Å². The van der Waals surface area contributed by atoms with Gasteiger partial charge in [-0.1, -0.05) is 359 Å². The van der Waals surface area contributed by atoms with E-state index in [0.717, 1.165) is 109 Å². The molecule has 0 aromatic carbocycles. The third-order valence-electron chi connectivity index (χ3n) is 16.9. The number of carbonyl (C=O) groups is 3. The summed E-state index contributed by atoms with van der Waals surface area (Å²) in [5.74, 6) is -2.33. The highest BCUT2D eigenvalue weighted by Crippen LogP contribution is 2.18. The van der Waals surface area contributed by atoms with Crippen LogP contribution in [0.4, 0.5) is 0 Å². The number of hydrogen-bond donors (Lipinski definition) is 0. The zero-order valence-electron chi connectivity index (χ0n) is 62.3. The van der Waals surface area contributed by atoms with Gasteiger partial charge in [0, 0.05) is 12.8 Å². The standard InChI is InChI=1S/C86H147NO8/c1-6-8-10-12-14-16-18-20-22-24-26-28-30-32-34-36-38-40-41-42-43-45-47-49-51-53-55-57-59-61-63-65-67-69-71-73-75-77-84(89)95-82(81-94-86(85(90)91)92-79-78-87(3,4)5)80-93-83(88)76-74-72-70-68-66-64-62-60-58-56-54-52-50-48-46-44-39-37-35-33-31-29-27-25-23-21-19-17-15-13-11-9-7-2/h8,10,14,16,20,22,26,28,32,34,38,40,42-43,47,49,53,55,59,61,65,67,82,86H,6-7,9,11-13,15,17-19,21,23-25,27,29-31,33,35-37,39,41,44-46,48,50-52,54,56-58,60,62-64,66,68-81H2,1-5H3/b10-8-,16-14-,22-20-,28-26-,34-32-,40-38-,43-42-,49-47-,55-53-,61-59-,67-65-. The van der Waals surface area contributed by atoms with E-state index in [4.69, 9.17) is 18.9 Å². The van der Waals surface area contributed by atoms with Crippen LogP contribution >= 0.6 is 0 Å². The van der Waals surface area contributed by atoms with Gasteiger partial charge in [-0.15, -0.1) is 0 Å². The molecule has 0 heterocycles. The van der Waals surface area contributed by atoms with E-state index in [1.165, 1.54) is 193 Å². The Labute approximate surface area is 586 Å². The number of rotatable bonds is 72. The number of esters is 2. The number of carbonyl (C=O) groups excluding carboxylic acids is 3. The summed E-state index contributed by atoms with van der Waals surface area (Å²) in [6.07, 6.45) is 106. The Bertz CT molecular complexity index is 2030. The van der Waals surface area contributed by atoms with Crippen LogP contribution in [0, 0.1) is 0 Å². The number of hydrogen-bond acceptors (Lipinski definition) is 8. The van der Waals surface area contributed by atoms with Crippen molar-refractivity contribution in [3.8, 4) is 0 Å². The van der Waals surface area contributed by atoms with E-state index in [2.05, 4.69) is 148 Å². The Morgan fingerprint density at radius 2 is 0.600 bits per heavy atom. The van der Waals surface area contributed by atoms with Gasteiger partial charge in [0.15, 0.2) is 12.4 Å². The number of allylic oxidation sites excluding steroid dienone is 22. The molecule has 9 heteroatoms. The minimum Gasteiger partial charge on any atom is -0.545 e. The zero-order valence-corrected chi connectivity index (χ0v) is 62.3. The fourth-order valence-electron chi connectivity index (χ4n) is 11.0. The van der Waals surface area contributed by atoms with Gasteiger partial charge in [0.25, 0.3) is 0 Å². The number of carboxylic acids is 1. The van der Waals surface area contributed by atoms with Gasteiger partial charge in [-0.3, -0.25) is 9.59 Å². The zero-order chi connectivity index (χ0) is 69.0. The molecule has 0 aliphatic rings. The molecule has 0 radical (unpaired) electrons. The van der Waals surface area contributed by atoms with Gasteiger partial charge in [-0.05, 0) is 96.3 Å². The molecule has 0 aromatic rings. The lowest BCUT2D eigenvalue weighted by Gasteiger charge is -2.26. The van der Waals surface area contributed by atoms with Gasteiger partial charge in [0.2, 0.25) is 0 Å². The number of unbranched alkanes of at least 4 members (excludes halogenated alkanes) is 35. The van der Waals surface area contributed by atoms with Crippen molar-refractivity contribution in [2.75, 3.05) is 47.5 Å². The number of carboxylic acid groups (broad SMARTS) is 1. The molecule has 0 N–H and O–H groups in total.